The zero-order valence-electron chi connectivity index (χ0n) is 9.79. The summed E-state index contributed by atoms with van der Waals surface area (Å²) in [6, 6.07) is 8.72. The zero-order valence-corrected chi connectivity index (χ0v) is 10.6. The van der Waals surface area contributed by atoms with Crippen molar-refractivity contribution in [2.24, 2.45) is 0 Å². The molecule has 0 spiro atoms. The van der Waals surface area contributed by atoms with Crippen LogP contribution in [0.25, 0.3) is 10.4 Å². The van der Waals surface area contributed by atoms with Crippen molar-refractivity contribution < 1.29 is 9.18 Å². The highest BCUT2D eigenvalue weighted by Gasteiger charge is 2.11. The van der Waals surface area contributed by atoms with E-state index in [0.29, 0.717) is 16.9 Å². The number of ketones is 1. The number of carbonyl (C=O) groups is 1. The molecule has 0 atom stereocenters. The van der Waals surface area contributed by atoms with Gasteiger partial charge in [-0.05, 0) is 30.7 Å². The third-order valence-corrected chi connectivity index (χ3v) is 3.75. The van der Waals surface area contributed by atoms with Crippen molar-refractivity contribution in [2.45, 2.75) is 20.3 Å². The maximum atomic E-state index is 13.8. The van der Waals surface area contributed by atoms with Gasteiger partial charge in [-0.3, -0.25) is 4.79 Å². The largest absolute Gasteiger partial charge is 0.293 e. The van der Waals surface area contributed by atoms with Gasteiger partial charge in [-0.2, -0.15) is 0 Å². The Morgan fingerprint density at radius 2 is 2.06 bits per heavy atom. The molecule has 0 radical (unpaired) electrons. The molecule has 0 saturated heterocycles. The first-order valence-corrected chi connectivity index (χ1v) is 6.33. The highest BCUT2D eigenvalue weighted by Crippen LogP contribution is 2.31. The molecule has 0 aliphatic carbocycles. The van der Waals surface area contributed by atoms with Gasteiger partial charge >= 0.3 is 0 Å². The van der Waals surface area contributed by atoms with E-state index < -0.39 is 0 Å². The molecular weight excluding hydrogens is 235 g/mol. The van der Waals surface area contributed by atoms with Crippen LogP contribution in [0.5, 0.6) is 0 Å². The molecule has 0 fully saturated rings. The number of benzene rings is 1. The molecule has 1 nitrogen and oxygen atoms in total. The van der Waals surface area contributed by atoms with Crippen LogP contribution < -0.4 is 0 Å². The first kappa shape index (κ1) is 12.0. The van der Waals surface area contributed by atoms with Gasteiger partial charge in [0.25, 0.3) is 0 Å². The van der Waals surface area contributed by atoms with Crippen LogP contribution in [0.4, 0.5) is 4.39 Å². The molecule has 1 heterocycles. The van der Waals surface area contributed by atoms with E-state index in [4.69, 9.17) is 0 Å². The Labute approximate surface area is 104 Å². The van der Waals surface area contributed by atoms with E-state index >= 15 is 0 Å². The summed E-state index contributed by atoms with van der Waals surface area (Å²) < 4.78 is 13.8. The number of hydrogen-bond acceptors (Lipinski definition) is 2. The van der Waals surface area contributed by atoms with Gasteiger partial charge in [-0.1, -0.05) is 19.1 Å². The van der Waals surface area contributed by atoms with Crippen LogP contribution in [0.3, 0.4) is 0 Å². The van der Waals surface area contributed by atoms with Gasteiger partial charge in [0.15, 0.2) is 5.78 Å². The van der Waals surface area contributed by atoms with Gasteiger partial charge < -0.3 is 0 Å². The van der Waals surface area contributed by atoms with Gasteiger partial charge in [0, 0.05) is 16.9 Å². The first-order valence-electron chi connectivity index (χ1n) is 5.51. The summed E-state index contributed by atoms with van der Waals surface area (Å²) >= 11 is 1.35. The molecule has 0 aliphatic heterocycles. The number of hydrogen-bond donors (Lipinski definition) is 0. The van der Waals surface area contributed by atoms with Crippen LogP contribution in [0, 0.1) is 12.7 Å². The zero-order chi connectivity index (χ0) is 12.4. The van der Waals surface area contributed by atoms with Crippen molar-refractivity contribution in [1.29, 1.82) is 0 Å². The average molecular weight is 248 g/mol. The van der Waals surface area contributed by atoms with E-state index in [1.165, 1.54) is 17.4 Å². The average Bonchev–Trinajstić information content (AvgIpc) is 2.77. The molecule has 88 valence electrons. The minimum Gasteiger partial charge on any atom is -0.293 e. The minimum atomic E-state index is -0.234. The van der Waals surface area contributed by atoms with Crippen molar-refractivity contribution in [3.63, 3.8) is 0 Å². The minimum absolute atomic E-state index is 0.105. The molecular formula is C14H13FOS. The smallest absolute Gasteiger partial charge is 0.172 e. The summed E-state index contributed by atoms with van der Waals surface area (Å²) in [6.07, 6.45) is 0.482. The Morgan fingerprint density at radius 1 is 1.29 bits per heavy atom. The maximum Gasteiger partial charge on any atom is 0.172 e. The lowest BCUT2D eigenvalue weighted by atomic mass is 10.1. The lowest BCUT2D eigenvalue weighted by Crippen LogP contribution is -1.90. The Hall–Kier alpha value is -1.48. The summed E-state index contributed by atoms with van der Waals surface area (Å²) in [5, 5.41) is 0. The molecule has 0 bridgehead atoms. The molecule has 0 unspecified atom stereocenters. The number of carbonyl (C=O) groups excluding carboxylic acids is 1. The molecule has 0 aliphatic rings. The highest BCUT2D eigenvalue weighted by molar-refractivity contribution is 7.17. The van der Waals surface area contributed by atoms with Crippen molar-refractivity contribution in [2.75, 3.05) is 0 Å². The molecule has 0 amide bonds. The third-order valence-electron chi connectivity index (χ3n) is 2.59. The van der Waals surface area contributed by atoms with Crippen molar-refractivity contribution >= 4 is 17.1 Å². The number of thiophene rings is 1. The van der Waals surface area contributed by atoms with E-state index in [2.05, 4.69) is 0 Å². The second-order valence-corrected chi connectivity index (χ2v) is 5.01. The molecule has 2 rings (SSSR count). The number of Topliss-reactive ketones (excluding diaryl/α,β-unsaturated/α-hetero) is 1. The maximum absolute atomic E-state index is 13.8. The Balaban J connectivity index is 2.40. The fraction of sp³-hybridized carbons (Fsp3) is 0.214. The van der Waals surface area contributed by atoms with Crippen molar-refractivity contribution in [1.82, 2.24) is 0 Å². The van der Waals surface area contributed by atoms with Gasteiger partial charge in [0.05, 0.1) is 4.88 Å². The first-order chi connectivity index (χ1) is 8.11. The molecule has 1 aromatic carbocycles. The van der Waals surface area contributed by atoms with Gasteiger partial charge in [0.2, 0.25) is 0 Å². The van der Waals surface area contributed by atoms with Crippen LogP contribution >= 0.6 is 11.3 Å². The number of halogens is 1. The predicted molar refractivity (Wildman–Crippen MR) is 69.1 cm³/mol. The van der Waals surface area contributed by atoms with Crippen LogP contribution in [0.2, 0.25) is 0 Å². The van der Waals surface area contributed by atoms with Crippen LogP contribution in [-0.2, 0) is 0 Å². The van der Waals surface area contributed by atoms with Crippen LogP contribution in [0.15, 0.2) is 30.3 Å². The summed E-state index contributed by atoms with van der Waals surface area (Å²) in [6.45, 7) is 3.68. The molecule has 0 N–H and O–H groups in total. The molecule has 3 heteroatoms. The fourth-order valence-corrected chi connectivity index (χ4v) is 2.67. The fourth-order valence-electron chi connectivity index (χ4n) is 1.63. The summed E-state index contributed by atoms with van der Waals surface area (Å²) in [7, 11) is 0. The van der Waals surface area contributed by atoms with Crippen molar-refractivity contribution in [3.05, 3.63) is 46.6 Å². The van der Waals surface area contributed by atoms with Gasteiger partial charge in [0.1, 0.15) is 5.82 Å². The van der Waals surface area contributed by atoms with Crippen molar-refractivity contribution in [3.8, 4) is 10.4 Å². The predicted octanol–water partition coefficient (Wildman–Crippen LogP) is 4.46. The van der Waals surface area contributed by atoms with E-state index in [1.807, 2.05) is 19.9 Å². The second-order valence-electron chi connectivity index (χ2n) is 3.92. The topological polar surface area (TPSA) is 17.1 Å². The third kappa shape index (κ3) is 2.44. The van der Waals surface area contributed by atoms with E-state index in [9.17, 15) is 9.18 Å². The van der Waals surface area contributed by atoms with E-state index in [1.54, 1.807) is 18.2 Å². The summed E-state index contributed by atoms with van der Waals surface area (Å²) in [5.41, 5.74) is 1.46. The van der Waals surface area contributed by atoms with Gasteiger partial charge in [-0.15, -0.1) is 11.3 Å². The lowest BCUT2D eigenvalue weighted by molar-refractivity contribution is 0.0992. The molecule has 1 aromatic heterocycles. The Morgan fingerprint density at radius 3 is 2.71 bits per heavy atom. The molecule has 0 saturated carbocycles. The van der Waals surface area contributed by atoms with Crippen LogP contribution in [0.1, 0.15) is 28.6 Å². The van der Waals surface area contributed by atoms with Gasteiger partial charge in [-0.25, -0.2) is 4.39 Å². The summed E-state index contributed by atoms with van der Waals surface area (Å²) in [5.74, 6) is -0.129. The Bertz CT molecular complexity index is 557. The standard InChI is InChI=1S/C14H13FOS/c1-3-12(16)14-7-6-13(17-14)10-5-4-9(2)8-11(10)15/h4-8H,3H2,1-2H3. The van der Waals surface area contributed by atoms with E-state index in [-0.39, 0.29) is 11.6 Å². The monoisotopic (exact) mass is 248 g/mol. The Kier molecular flexibility index (Phi) is 3.38. The molecule has 2 aromatic rings. The van der Waals surface area contributed by atoms with E-state index in [0.717, 1.165) is 10.4 Å². The SMILES string of the molecule is CCC(=O)c1ccc(-c2ccc(C)cc2F)s1. The van der Waals surface area contributed by atoms with Crippen LogP contribution in [-0.4, -0.2) is 5.78 Å². The lowest BCUT2D eigenvalue weighted by Gasteiger charge is -2.00. The summed E-state index contributed by atoms with van der Waals surface area (Å²) in [4.78, 5) is 13.0. The highest BCUT2D eigenvalue weighted by atomic mass is 32.1. The number of rotatable bonds is 3. The molecule has 17 heavy (non-hydrogen) atoms. The normalized spacial score (nSPS) is 10.5. The number of aryl methyl sites for hydroxylation is 1. The second kappa shape index (κ2) is 4.80. The quantitative estimate of drug-likeness (QED) is 0.733.